The summed E-state index contributed by atoms with van der Waals surface area (Å²) in [6.45, 7) is 0. The number of benzene rings is 2. The van der Waals surface area contributed by atoms with Crippen molar-refractivity contribution in [2.45, 2.75) is 12.5 Å². The average Bonchev–Trinajstić information content (AvgIpc) is 2.93. The van der Waals surface area contributed by atoms with Crippen LogP contribution in [0.15, 0.2) is 46.9 Å². The summed E-state index contributed by atoms with van der Waals surface area (Å²) in [5, 5.41) is 0.964. The van der Waals surface area contributed by atoms with Gasteiger partial charge in [0.1, 0.15) is 10.8 Å². The highest BCUT2D eigenvalue weighted by Crippen LogP contribution is 2.30. The third-order valence-corrected chi connectivity index (χ3v) is 5.26. The Morgan fingerprint density at radius 2 is 2.10 bits per heavy atom. The first-order valence-electron chi connectivity index (χ1n) is 6.61. The Kier molecular flexibility index (Phi) is 4.24. The fourth-order valence-electron chi connectivity index (χ4n) is 2.21. The van der Waals surface area contributed by atoms with Gasteiger partial charge in [0.15, 0.2) is 0 Å². The third kappa shape index (κ3) is 3.10. The zero-order valence-corrected chi connectivity index (χ0v) is 13.9. The van der Waals surface area contributed by atoms with E-state index in [-0.39, 0.29) is 6.04 Å². The minimum Gasteiger partial charge on any atom is -0.497 e. The lowest BCUT2D eigenvalue weighted by Crippen LogP contribution is -2.13. The first kappa shape index (κ1) is 14.5. The summed E-state index contributed by atoms with van der Waals surface area (Å²) < 4.78 is 7.49. The van der Waals surface area contributed by atoms with Crippen LogP contribution in [0, 0.1) is 0 Å². The van der Waals surface area contributed by atoms with E-state index in [4.69, 9.17) is 10.5 Å². The van der Waals surface area contributed by atoms with Gasteiger partial charge in [0.2, 0.25) is 0 Å². The molecule has 2 N–H and O–H groups in total. The number of nitrogens with zero attached hydrogens (tertiary/aromatic N) is 1. The smallest absolute Gasteiger partial charge is 0.119 e. The summed E-state index contributed by atoms with van der Waals surface area (Å²) in [5.74, 6) is 0.838. The van der Waals surface area contributed by atoms with Crippen LogP contribution in [0.4, 0.5) is 0 Å². The molecule has 0 aliphatic carbocycles. The molecule has 0 amide bonds. The number of ether oxygens (including phenoxy) is 1. The maximum atomic E-state index is 6.34. The molecule has 0 aliphatic heterocycles. The van der Waals surface area contributed by atoms with E-state index in [2.05, 4.69) is 27.0 Å². The van der Waals surface area contributed by atoms with Gasteiger partial charge in [-0.05, 0) is 42.3 Å². The summed E-state index contributed by atoms with van der Waals surface area (Å²) >= 11 is 5.22. The van der Waals surface area contributed by atoms with Crippen molar-refractivity contribution in [1.29, 1.82) is 0 Å². The van der Waals surface area contributed by atoms with E-state index in [9.17, 15) is 0 Å². The number of hydrogen-bond acceptors (Lipinski definition) is 4. The molecule has 1 aromatic heterocycles. The van der Waals surface area contributed by atoms with E-state index < -0.39 is 0 Å². The zero-order valence-electron chi connectivity index (χ0n) is 11.5. The lowest BCUT2D eigenvalue weighted by atomic mass is 10.1. The van der Waals surface area contributed by atoms with Crippen molar-refractivity contribution in [3.63, 3.8) is 0 Å². The van der Waals surface area contributed by atoms with Gasteiger partial charge in [0.25, 0.3) is 0 Å². The van der Waals surface area contributed by atoms with Gasteiger partial charge in [-0.25, -0.2) is 4.98 Å². The molecular formula is C16H15BrN2OS. The summed E-state index contributed by atoms with van der Waals surface area (Å²) in [6, 6.07) is 13.9. The first-order chi connectivity index (χ1) is 10.2. The average molecular weight is 363 g/mol. The monoisotopic (exact) mass is 362 g/mol. The molecule has 0 saturated carbocycles. The largest absolute Gasteiger partial charge is 0.497 e. The van der Waals surface area contributed by atoms with Crippen molar-refractivity contribution >= 4 is 37.5 Å². The number of methoxy groups -OCH3 is 1. The van der Waals surface area contributed by atoms with Crippen molar-refractivity contribution in [1.82, 2.24) is 4.98 Å². The molecule has 0 bridgehead atoms. The van der Waals surface area contributed by atoms with E-state index in [0.717, 1.165) is 32.7 Å². The molecule has 0 radical (unpaired) electrons. The zero-order chi connectivity index (χ0) is 14.8. The second-order valence-corrected chi connectivity index (χ2v) is 6.70. The standard InChI is InChI=1S/C16H15BrN2OS/c1-20-11-6-7-12(17)10(8-11)9-13(18)16-19-14-4-2-3-5-15(14)21-16/h2-8,13H,9,18H2,1H3. The molecule has 0 aliphatic rings. The number of halogens is 1. The molecule has 3 aromatic rings. The van der Waals surface area contributed by atoms with Gasteiger partial charge >= 0.3 is 0 Å². The minimum absolute atomic E-state index is 0.120. The number of aromatic nitrogens is 1. The Morgan fingerprint density at radius 3 is 2.86 bits per heavy atom. The van der Waals surface area contributed by atoms with Crippen LogP contribution in [-0.2, 0) is 6.42 Å². The Bertz CT molecular complexity index is 739. The SMILES string of the molecule is COc1ccc(Br)c(CC(N)c2nc3ccccc3s2)c1. The lowest BCUT2D eigenvalue weighted by molar-refractivity contribution is 0.414. The quantitative estimate of drug-likeness (QED) is 0.752. The number of para-hydroxylation sites is 1. The lowest BCUT2D eigenvalue weighted by Gasteiger charge is -2.11. The molecule has 3 nitrogen and oxygen atoms in total. The van der Waals surface area contributed by atoms with E-state index in [1.165, 1.54) is 4.70 Å². The van der Waals surface area contributed by atoms with Crippen LogP contribution in [0.3, 0.4) is 0 Å². The van der Waals surface area contributed by atoms with Gasteiger partial charge in [-0.1, -0.05) is 28.1 Å². The highest BCUT2D eigenvalue weighted by Gasteiger charge is 2.14. The molecule has 21 heavy (non-hydrogen) atoms. The van der Waals surface area contributed by atoms with Crippen LogP contribution in [0.2, 0.25) is 0 Å². The molecule has 0 spiro atoms. The Balaban J connectivity index is 1.87. The number of nitrogens with two attached hydrogens (primary N) is 1. The molecular weight excluding hydrogens is 348 g/mol. The van der Waals surface area contributed by atoms with E-state index >= 15 is 0 Å². The van der Waals surface area contributed by atoms with Crippen LogP contribution in [0.25, 0.3) is 10.2 Å². The van der Waals surface area contributed by atoms with Crippen LogP contribution in [-0.4, -0.2) is 12.1 Å². The van der Waals surface area contributed by atoms with Gasteiger partial charge in [-0.3, -0.25) is 0 Å². The maximum Gasteiger partial charge on any atom is 0.119 e. The Labute approximate surface area is 135 Å². The second-order valence-electron chi connectivity index (χ2n) is 4.79. The van der Waals surface area contributed by atoms with Gasteiger partial charge in [-0.2, -0.15) is 0 Å². The Hall–Kier alpha value is -1.43. The fraction of sp³-hybridized carbons (Fsp3) is 0.188. The molecule has 108 valence electrons. The first-order valence-corrected chi connectivity index (χ1v) is 8.22. The topological polar surface area (TPSA) is 48.1 Å². The van der Waals surface area contributed by atoms with Gasteiger partial charge < -0.3 is 10.5 Å². The molecule has 5 heteroatoms. The Morgan fingerprint density at radius 1 is 1.29 bits per heavy atom. The summed E-state index contributed by atoms with van der Waals surface area (Å²) in [4.78, 5) is 4.63. The van der Waals surface area contributed by atoms with Crippen molar-refractivity contribution in [3.8, 4) is 5.75 Å². The molecule has 1 atom stereocenters. The van der Waals surface area contributed by atoms with Crippen molar-refractivity contribution in [2.75, 3.05) is 7.11 Å². The number of rotatable bonds is 4. The number of fused-ring (bicyclic) bond motifs is 1. The van der Waals surface area contributed by atoms with Gasteiger partial charge in [0, 0.05) is 4.47 Å². The summed E-state index contributed by atoms with van der Waals surface area (Å²) in [5.41, 5.74) is 8.48. The van der Waals surface area contributed by atoms with Crippen LogP contribution >= 0.6 is 27.3 Å². The molecule has 2 aromatic carbocycles. The predicted octanol–water partition coefficient (Wildman–Crippen LogP) is 4.31. The third-order valence-electron chi connectivity index (χ3n) is 3.32. The van der Waals surface area contributed by atoms with E-state index in [0.29, 0.717) is 0 Å². The van der Waals surface area contributed by atoms with Gasteiger partial charge in [-0.15, -0.1) is 11.3 Å². The second kappa shape index (κ2) is 6.13. The highest BCUT2D eigenvalue weighted by molar-refractivity contribution is 9.10. The number of thiazole rings is 1. The van der Waals surface area contributed by atoms with E-state index in [1.807, 2.05) is 36.4 Å². The van der Waals surface area contributed by atoms with Crippen molar-refractivity contribution in [3.05, 3.63) is 57.5 Å². The normalized spacial score (nSPS) is 12.5. The molecule has 0 fully saturated rings. The fourth-order valence-corrected chi connectivity index (χ4v) is 3.58. The summed E-state index contributed by atoms with van der Waals surface area (Å²) in [7, 11) is 1.67. The molecule has 3 rings (SSSR count). The van der Waals surface area contributed by atoms with Crippen molar-refractivity contribution in [2.24, 2.45) is 5.73 Å². The maximum absolute atomic E-state index is 6.34. The minimum atomic E-state index is -0.120. The molecule has 1 unspecified atom stereocenters. The summed E-state index contributed by atoms with van der Waals surface area (Å²) in [6.07, 6.45) is 0.720. The predicted molar refractivity (Wildman–Crippen MR) is 90.9 cm³/mol. The van der Waals surface area contributed by atoms with Crippen LogP contribution in [0.5, 0.6) is 5.75 Å². The van der Waals surface area contributed by atoms with Crippen molar-refractivity contribution < 1.29 is 4.74 Å². The van der Waals surface area contributed by atoms with Gasteiger partial charge in [0.05, 0.1) is 23.4 Å². The number of hydrogen-bond donors (Lipinski definition) is 1. The highest BCUT2D eigenvalue weighted by atomic mass is 79.9. The van der Waals surface area contributed by atoms with E-state index in [1.54, 1.807) is 18.4 Å². The molecule has 1 heterocycles. The van der Waals surface area contributed by atoms with Crippen LogP contribution in [0.1, 0.15) is 16.6 Å². The van der Waals surface area contributed by atoms with Crippen LogP contribution < -0.4 is 10.5 Å². The molecule has 0 saturated heterocycles.